The Bertz CT molecular complexity index is 1060. The summed E-state index contributed by atoms with van der Waals surface area (Å²) in [4.78, 5) is 14.6. The van der Waals surface area contributed by atoms with E-state index in [-0.39, 0.29) is 29.3 Å². The number of sulfonamides is 1. The van der Waals surface area contributed by atoms with Crippen LogP contribution in [0.5, 0.6) is 0 Å². The molecule has 2 aliphatic heterocycles. The van der Waals surface area contributed by atoms with Crippen molar-refractivity contribution >= 4 is 15.9 Å². The zero-order chi connectivity index (χ0) is 20.8. The third kappa shape index (κ3) is 3.67. The first kappa shape index (κ1) is 20.0. The highest BCUT2D eigenvalue weighted by molar-refractivity contribution is 7.89. The van der Waals surface area contributed by atoms with E-state index < -0.39 is 28.1 Å². The molecule has 8 heteroatoms. The number of benzene rings is 2. The molecule has 1 saturated heterocycles. The van der Waals surface area contributed by atoms with Gasteiger partial charge in [-0.1, -0.05) is 24.3 Å². The fourth-order valence-electron chi connectivity index (χ4n) is 4.05. The summed E-state index contributed by atoms with van der Waals surface area (Å²) in [5.74, 6) is -0.907. The highest BCUT2D eigenvalue weighted by atomic mass is 32.2. The van der Waals surface area contributed by atoms with E-state index in [0.29, 0.717) is 19.5 Å². The fourth-order valence-corrected chi connectivity index (χ4v) is 5.76. The quantitative estimate of drug-likeness (QED) is 0.767. The van der Waals surface area contributed by atoms with Crippen LogP contribution in [-0.4, -0.2) is 48.8 Å². The maximum absolute atomic E-state index is 14.2. The van der Waals surface area contributed by atoms with Gasteiger partial charge in [0.1, 0.15) is 18.0 Å². The summed E-state index contributed by atoms with van der Waals surface area (Å²) in [5, 5.41) is 0. The van der Waals surface area contributed by atoms with Crippen molar-refractivity contribution in [1.82, 2.24) is 9.21 Å². The molecule has 2 aromatic rings. The molecule has 0 aromatic heterocycles. The van der Waals surface area contributed by atoms with Gasteiger partial charge in [0, 0.05) is 26.1 Å². The van der Waals surface area contributed by atoms with Gasteiger partial charge in [-0.3, -0.25) is 4.79 Å². The van der Waals surface area contributed by atoms with Crippen molar-refractivity contribution in [2.24, 2.45) is 0 Å². The number of rotatable bonds is 3. The lowest BCUT2D eigenvalue weighted by atomic mass is 9.99. The van der Waals surface area contributed by atoms with Crippen LogP contribution in [0, 0.1) is 12.7 Å². The Morgan fingerprint density at radius 1 is 1.14 bits per heavy atom. The van der Waals surface area contributed by atoms with E-state index in [9.17, 15) is 22.0 Å². The lowest BCUT2D eigenvalue weighted by molar-refractivity contribution is -0.135. The highest BCUT2D eigenvalue weighted by Crippen LogP contribution is 2.31. The van der Waals surface area contributed by atoms with Crippen molar-refractivity contribution < 1.29 is 22.0 Å². The van der Waals surface area contributed by atoms with Crippen molar-refractivity contribution in [2.45, 2.75) is 43.4 Å². The van der Waals surface area contributed by atoms with Gasteiger partial charge in [-0.2, -0.15) is 4.31 Å². The zero-order valence-electron chi connectivity index (χ0n) is 16.0. The summed E-state index contributed by atoms with van der Waals surface area (Å²) in [6, 6.07) is 10.1. The van der Waals surface area contributed by atoms with E-state index in [2.05, 4.69) is 0 Å². The van der Waals surface area contributed by atoms with E-state index in [0.717, 1.165) is 27.6 Å². The molecule has 2 aliphatic rings. The van der Waals surface area contributed by atoms with E-state index in [1.807, 2.05) is 24.3 Å². The van der Waals surface area contributed by atoms with E-state index in [1.165, 1.54) is 13.0 Å². The van der Waals surface area contributed by atoms with Crippen molar-refractivity contribution in [3.63, 3.8) is 0 Å². The molecule has 2 heterocycles. The first-order valence-corrected chi connectivity index (χ1v) is 11.0. The SMILES string of the molecule is Cc1cc(S(=O)(=O)N2C[C@@H](F)C[C@H]2C(=O)N2CCc3ccccc3C2)ccc1F. The largest absolute Gasteiger partial charge is 0.337 e. The average Bonchev–Trinajstić information content (AvgIpc) is 3.11. The second kappa shape index (κ2) is 7.50. The van der Waals surface area contributed by atoms with Crippen LogP contribution in [0.3, 0.4) is 0 Å². The Hall–Kier alpha value is -2.32. The van der Waals surface area contributed by atoms with Crippen LogP contribution in [0.1, 0.15) is 23.1 Å². The molecule has 0 unspecified atom stereocenters. The highest BCUT2D eigenvalue weighted by Gasteiger charge is 2.45. The number of carbonyl (C=O) groups excluding carboxylic acids is 1. The molecule has 0 radical (unpaired) electrons. The van der Waals surface area contributed by atoms with Crippen molar-refractivity contribution in [1.29, 1.82) is 0 Å². The second-order valence-corrected chi connectivity index (χ2v) is 9.50. The van der Waals surface area contributed by atoms with Crippen LogP contribution in [-0.2, 0) is 27.8 Å². The number of nitrogens with zero attached hydrogens (tertiary/aromatic N) is 2. The summed E-state index contributed by atoms with van der Waals surface area (Å²) in [6.45, 7) is 1.93. The number of fused-ring (bicyclic) bond motifs is 1. The predicted octanol–water partition coefficient (Wildman–Crippen LogP) is 2.82. The standard InChI is InChI=1S/C21H22F2N2O3S/c1-14-10-18(6-7-19(14)23)29(27,28)25-13-17(22)11-20(25)21(26)24-9-8-15-4-2-3-5-16(15)12-24/h2-7,10,17,20H,8-9,11-13H2,1H3/t17-,20-/m0/s1. The number of hydrogen-bond acceptors (Lipinski definition) is 3. The van der Waals surface area contributed by atoms with Crippen LogP contribution in [0.25, 0.3) is 0 Å². The third-order valence-electron chi connectivity index (χ3n) is 5.67. The molecule has 0 aliphatic carbocycles. The molecule has 2 aromatic carbocycles. The van der Waals surface area contributed by atoms with Crippen LogP contribution in [0.4, 0.5) is 8.78 Å². The summed E-state index contributed by atoms with van der Waals surface area (Å²) in [7, 11) is -4.13. The first-order chi connectivity index (χ1) is 13.8. The molecule has 29 heavy (non-hydrogen) atoms. The molecule has 0 N–H and O–H groups in total. The molecule has 0 saturated carbocycles. The van der Waals surface area contributed by atoms with Gasteiger partial charge in [0.15, 0.2) is 0 Å². The minimum Gasteiger partial charge on any atom is -0.337 e. The average molecular weight is 420 g/mol. The molecule has 1 fully saturated rings. The molecule has 0 spiro atoms. The van der Waals surface area contributed by atoms with Gasteiger partial charge in [-0.15, -0.1) is 0 Å². The second-order valence-electron chi connectivity index (χ2n) is 7.61. The van der Waals surface area contributed by atoms with E-state index in [4.69, 9.17) is 0 Å². The number of hydrogen-bond donors (Lipinski definition) is 0. The molecular weight excluding hydrogens is 398 g/mol. The summed E-state index contributed by atoms with van der Waals surface area (Å²) in [6.07, 6.45) is -0.911. The van der Waals surface area contributed by atoms with Gasteiger partial charge >= 0.3 is 0 Å². The van der Waals surface area contributed by atoms with Gasteiger partial charge in [-0.25, -0.2) is 17.2 Å². The van der Waals surface area contributed by atoms with Gasteiger partial charge in [0.25, 0.3) is 0 Å². The minimum atomic E-state index is -4.13. The fraction of sp³-hybridized carbons (Fsp3) is 0.381. The number of amides is 1. The molecule has 1 amide bonds. The van der Waals surface area contributed by atoms with Crippen LogP contribution in [0.15, 0.2) is 47.4 Å². The molecule has 2 atom stereocenters. The Kier molecular flexibility index (Phi) is 5.16. The molecular formula is C21H22F2N2O3S. The Balaban J connectivity index is 1.61. The summed E-state index contributed by atoms with van der Waals surface area (Å²) >= 11 is 0. The topological polar surface area (TPSA) is 57.7 Å². The Morgan fingerprint density at radius 2 is 1.86 bits per heavy atom. The first-order valence-electron chi connectivity index (χ1n) is 9.55. The van der Waals surface area contributed by atoms with Crippen molar-refractivity contribution in [2.75, 3.05) is 13.1 Å². The summed E-state index contributed by atoms with van der Waals surface area (Å²) in [5.41, 5.74) is 2.36. The Morgan fingerprint density at radius 3 is 2.59 bits per heavy atom. The lowest BCUT2D eigenvalue weighted by Crippen LogP contribution is -2.49. The van der Waals surface area contributed by atoms with Crippen LogP contribution in [0.2, 0.25) is 0 Å². The molecule has 0 bridgehead atoms. The normalized spacial score (nSPS) is 22.5. The monoisotopic (exact) mass is 420 g/mol. The number of aryl methyl sites for hydroxylation is 1. The smallest absolute Gasteiger partial charge is 0.243 e. The van der Waals surface area contributed by atoms with Crippen molar-refractivity contribution in [3.05, 3.63) is 65.0 Å². The van der Waals surface area contributed by atoms with E-state index >= 15 is 0 Å². The summed E-state index contributed by atoms with van der Waals surface area (Å²) < 4.78 is 55.0. The van der Waals surface area contributed by atoms with Gasteiger partial charge < -0.3 is 4.90 Å². The number of carbonyl (C=O) groups is 1. The van der Waals surface area contributed by atoms with Crippen molar-refractivity contribution in [3.8, 4) is 0 Å². The predicted molar refractivity (Wildman–Crippen MR) is 104 cm³/mol. The van der Waals surface area contributed by atoms with Crippen LogP contribution >= 0.6 is 0 Å². The number of halogens is 2. The number of alkyl halides is 1. The minimum absolute atomic E-state index is 0.132. The lowest BCUT2D eigenvalue weighted by Gasteiger charge is -2.33. The molecule has 4 rings (SSSR count). The maximum Gasteiger partial charge on any atom is 0.243 e. The zero-order valence-corrected chi connectivity index (χ0v) is 16.8. The van der Waals surface area contributed by atoms with Gasteiger partial charge in [0.05, 0.1) is 4.90 Å². The Labute approximate surface area is 169 Å². The molecule has 154 valence electrons. The van der Waals surface area contributed by atoms with E-state index in [1.54, 1.807) is 4.90 Å². The van der Waals surface area contributed by atoms with Crippen LogP contribution < -0.4 is 0 Å². The molecule has 5 nitrogen and oxygen atoms in total. The van der Waals surface area contributed by atoms with Gasteiger partial charge in [0.2, 0.25) is 15.9 Å². The third-order valence-corrected chi connectivity index (χ3v) is 7.54. The van der Waals surface area contributed by atoms with Gasteiger partial charge in [-0.05, 0) is 48.2 Å². The maximum atomic E-state index is 14.2.